The van der Waals surface area contributed by atoms with E-state index < -0.39 is 0 Å². The predicted molar refractivity (Wildman–Crippen MR) is 128 cm³/mol. The fraction of sp³-hybridized carbons (Fsp3) is 0.308. The Balaban J connectivity index is 1.48. The second-order valence-electron chi connectivity index (χ2n) is 8.11. The smallest absolute Gasteiger partial charge is 0.244 e. The Morgan fingerprint density at radius 2 is 1.94 bits per heavy atom. The van der Waals surface area contributed by atoms with Gasteiger partial charge in [0, 0.05) is 60.7 Å². The van der Waals surface area contributed by atoms with Crippen LogP contribution in [0.15, 0.2) is 60.8 Å². The molecule has 0 radical (unpaired) electrons. The SMILES string of the molecule is CCN1CCN(c2ccc(F)cc2C(C)NC(=O)/C=C/c2cccc3cccnc23)CC1. The fourth-order valence-corrected chi connectivity index (χ4v) is 4.23. The lowest BCUT2D eigenvalue weighted by Crippen LogP contribution is -2.46. The Labute approximate surface area is 188 Å². The molecule has 0 spiro atoms. The van der Waals surface area contributed by atoms with Crippen molar-refractivity contribution >= 4 is 28.6 Å². The highest BCUT2D eigenvalue weighted by Crippen LogP contribution is 2.28. The zero-order valence-corrected chi connectivity index (χ0v) is 18.6. The molecular formula is C26H29FN4O. The maximum Gasteiger partial charge on any atom is 0.244 e. The van der Waals surface area contributed by atoms with E-state index in [9.17, 15) is 9.18 Å². The number of anilines is 1. The van der Waals surface area contributed by atoms with E-state index in [1.165, 1.54) is 18.2 Å². The molecule has 5 nitrogen and oxygen atoms in total. The van der Waals surface area contributed by atoms with Crippen LogP contribution in [0, 0.1) is 5.82 Å². The van der Waals surface area contributed by atoms with Gasteiger partial charge in [-0.05, 0) is 43.8 Å². The van der Waals surface area contributed by atoms with Gasteiger partial charge in [0.15, 0.2) is 0 Å². The molecule has 2 aromatic carbocycles. The molecule has 1 aliphatic rings. The summed E-state index contributed by atoms with van der Waals surface area (Å²) in [5.74, 6) is -0.522. The third-order valence-electron chi connectivity index (χ3n) is 6.05. The van der Waals surface area contributed by atoms with Gasteiger partial charge in [-0.3, -0.25) is 9.78 Å². The van der Waals surface area contributed by atoms with Crippen molar-refractivity contribution in [2.24, 2.45) is 0 Å². The van der Waals surface area contributed by atoms with Gasteiger partial charge in [0.25, 0.3) is 0 Å². The maximum atomic E-state index is 14.1. The van der Waals surface area contributed by atoms with Crippen molar-refractivity contribution in [2.75, 3.05) is 37.6 Å². The third-order valence-corrected chi connectivity index (χ3v) is 6.05. The van der Waals surface area contributed by atoms with E-state index in [-0.39, 0.29) is 17.8 Å². The molecule has 1 atom stereocenters. The molecule has 0 saturated carbocycles. The molecule has 1 N–H and O–H groups in total. The van der Waals surface area contributed by atoms with E-state index in [0.717, 1.165) is 60.4 Å². The topological polar surface area (TPSA) is 48.5 Å². The van der Waals surface area contributed by atoms with Crippen LogP contribution in [0.5, 0.6) is 0 Å². The number of carbonyl (C=O) groups excluding carboxylic acids is 1. The summed E-state index contributed by atoms with van der Waals surface area (Å²) >= 11 is 0. The van der Waals surface area contributed by atoms with Gasteiger partial charge < -0.3 is 15.1 Å². The normalized spacial score (nSPS) is 15.9. The van der Waals surface area contributed by atoms with Gasteiger partial charge >= 0.3 is 0 Å². The molecule has 3 aromatic rings. The zero-order chi connectivity index (χ0) is 22.5. The largest absolute Gasteiger partial charge is 0.369 e. The molecule has 32 heavy (non-hydrogen) atoms. The Bertz CT molecular complexity index is 1120. The van der Waals surface area contributed by atoms with Crippen LogP contribution in [0.1, 0.15) is 31.0 Å². The summed E-state index contributed by atoms with van der Waals surface area (Å²) in [7, 11) is 0. The Morgan fingerprint density at radius 1 is 1.16 bits per heavy atom. The number of amides is 1. The summed E-state index contributed by atoms with van der Waals surface area (Å²) in [6, 6.07) is 14.3. The summed E-state index contributed by atoms with van der Waals surface area (Å²) in [4.78, 5) is 21.8. The number of likely N-dealkylation sites (N-methyl/N-ethyl adjacent to an activating group) is 1. The number of nitrogens with zero attached hydrogens (tertiary/aromatic N) is 3. The highest BCUT2D eigenvalue weighted by molar-refractivity contribution is 5.95. The number of carbonyl (C=O) groups is 1. The van der Waals surface area contributed by atoms with Gasteiger partial charge in [-0.25, -0.2) is 4.39 Å². The van der Waals surface area contributed by atoms with Crippen LogP contribution in [0.25, 0.3) is 17.0 Å². The third kappa shape index (κ3) is 4.97. The van der Waals surface area contributed by atoms with Gasteiger partial charge in [-0.1, -0.05) is 31.2 Å². The minimum absolute atomic E-state index is 0.226. The van der Waals surface area contributed by atoms with Crippen molar-refractivity contribution in [3.63, 3.8) is 0 Å². The molecule has 1 fully saturated rings. The Morgan fingerprint density at radius 3 is 2.72 bits per heavy atom. The number of benzene rings is 2. The van der Waals surface area contributed by atoms with Crippen LogP contribution in [0.4, 0.5) is 10.1 Å². The number of piperazine rings is 1. The number of halogens is 1. The zero-order valence-electron chi connectivity index (χ0n) is 18.6. The highest BCUT2D eigenvalue weighted by Gasteiger charge is 2.21. The molecular weight excluding hydrogens is 403 g/mol. The van der Waals surface area contributed by atoms with Crippen molar-refractivity contribution in [1.82, 2.24) is 15.2 Å². The number of para-hydroxylation sites is 1. The lowest BCUT2D eigenvalue weighted by molar-refractivity contribution is -0.117. The first kappa shape index (κ1) is 22.0. The number of rotatable bonds is 6. The molecule has 1 saturated heterocycles. The van der Waals surface area contributed by atoms with E-state index in [2.05, 4.69) is 27.0 Å². The number of nitrogens with one attached hydrogen (secondary N) is 1. The minimum atomic E-state index is -0.326. The van der Waals surface area contributed by atoms with E-state index in [1.54, 1.807) is 12.3 Å². The monoisotopic (exact) mass is 432 g/mol. The number of pyridine rings is 1. The molecule has 166 valence electrons. The van der Waals surface area contributed by atoms with Gasteiger partial charge in [0.1, 0.15) is 5.82 Å². The lowest BCUT2D eigenvalue weighted by Gasteiger charge is -2.37. The van der Waals surface area contributed by atoms with Gasteiger partial charge in [0.2, 0.25) is 5.91 Å². The lowest BCUT2D eigenvalue weighted by atomic mass is 10.0. The Hall–Kier alpha value is -3.25. The molecule has 1 amide bonds. The minimum Gasteiger partial charge on any atom is -0.369 e. The first-order valence-corrected chi connectivity index (χ1v) is 11.1. The van der Waals surface area contributed by atoms with Crippen LogP contribution in [0.2, 0.25) is 0 Å². The van der Waals surface area contributed by atoms with Crippen molar-refractivity contribution < 1.29 is 9.18 Å². The average Bonchev–Trinajstić information content (AvgIpc) is 2.82. The summed E-state index contributed by atoms with van der Waals surface area (Å²) in [6.07, 6.45) is 5.03. The second kappa shape index (κ2) is 9.92. The molecule has 4 rings (SSSR count). The van der Waals surface area contributed by atoms with Crippen LogP contribution < -0.4 is 10.2 Å². The van der Waals surface area contributed by atoms with Crippen LogP contribution in [0.3, 0.4) is 0 Å². The van der Waals surface area contributed by atoms with Crippen LogP contribution in [-0.2, 0) is 4.79 Å². The number of aromatic nitrogens is 1. The summed E-state index contributed by atoms with van der Waals surface area (Å²) in [6.45, 7) is 8.84. The van der Waals surface area contributed by atoms with Crippen molar-refractivity contribution in [3.8, 4) is 0 Å². The quantitative estimate of drug-likeness (QED) is 0.587. The fourth-order valence-electron chi connectivity index (χ4n) is 4.23. The van der Waals surface area contributed by atoms with Gasteiger partial charge in [-0.2, -0.15) is 0 Å². The van der Waals surface area contributed by atoms with Crippen LogP contribution >= 0.6 is 0 Å². The predicted octanol–water partition coefficient (Wildman–Crippen LogP) is 4.41. The summed E-state index contributed by atoms with van der Waals surface area (Å²) in [5.41, 5.74) is 3.51. The van der Waals surface area contributed by atoms with Crippen molar-refractivity contribution in [2.45, 2.75) is 19.9 Å². The summed E-state index contributed by atoms with van der Waals surface area (Å²) < 4.78 is 14.1. The summed E-state index contributed by atoms with van der Waals surface area (Å²) in [5, 5.41) is 4.02. The standard InChI is InChI=1S/C26H29FN4O/c1-3-30-14-16-31(17-15-30)24-11-10-22(27)18-23(24)19(2)29-25(32)12-9-21-7-4-6-20-8-5-13-28-26(20)21/h4-13,18-19H,3,14-17H2,1-2H3,(H,29,32)/b12-9+. The molecule has 0 aliphatic carbocycles. The second-order valence-corrected chi connectivity index (χ2v) is 8.11. The Kier molecular flexibility index (Phi) is 6.81. The highest BCUT2D eigenvalue weighted by atomic mass is 19.1. The van der Waals surface area contributed by atoms with Gasteiger partial charge in [-0.15, -0.1) is 0 Å². The van der Waals surface area contributed by atoms with E-state index in [1.807, 2.05) is 43.3 Å². The van der Waals surface area contributed by atoms with Crippen molar-refractivity contribution in [3.05, 3.63) is 77.7 Å². The molecule has 0 bridgehead atoms. The average molecular weight is 433 g/mol. The maximum absolute atomic E-state index is 14.1. The molecule has 2 heterocycles. The number of hydrogen-bond acceptors (Lipinski definition) is 4. The van der Waals surface area contributed by atoms with E-state index >= 15 is 0 Å². The van der Waals surface area contributed by atoms with E-state index in [4.69, 9.17) is 0 Å². The first-order valence-electron chi connectivity index (χ1n) is 11.1. The number of fused-ring (bicyclic) bond motifs is 1. The molecule has 6 heteroatoms. The van der Waals surface area contributed by atoms with E-state index in [0.29, 0.717) is 0 Å². The molecule has 1 aromatic heterocycles. The molecule has 1 unspecified atom stereocenters. The first-order chi connectivity index (χ1) is 15.5. The molecule has 1 aliphatic heterocycles. The van der Waals surface area contributed by atoms with Crippen molar-refractivity contribution in [1.29, 1.82) is 0 Å². The van der Waals surface area contributed by atoms with Crippen LogP contribution in [-0.4, -0.2) is 48.5 Å². The number of hydrogen-bond donors (Lipinski definition) is 1. The van der Waals surface area contributed by atoms with Gasteiger partial charge in [0.05, 0.1) is 11.6 Å².